The third-order valence-corrected chi connectivity index (χ3v) is 4.55. The number of carbonyl (C=O) groups excluding carboxylic acids is 1. The van der Waals surface area contributed by atoms with Crippen molar-refractivity contribution in [2.75, 3.05) is 13.1 Å². The lowest BCUT2D eigenvalue weighted by atomic mass is 9.92. The summed E-state index contributed by atoms with van der Waals surface area (Å²) in [7, 11) is 0. The van der Waals surface area contributed by atoms with Gasteiger partial charge in [0, 0.05) is 32.1 Å². The maximum absolute atomic E-state index is 13.2. The number of carbonyl (C=O) groups is 1. The second-order valence-corrected chi connectivity index (χ2v) is 6.31. The number of halogens is 2. The third kappa shape index (κ3) is 3.95. The summed E-state index contributed by atoms with van der Waals surface area (Å²) in [4.78, 5) is 13.3. The minimum atomic E-state index is -0.393. The zero-order valence-corrected chi connectivity index (χ0v) is 13.5. The number of nitrogens with zero attached hydrogens (tertiary/aromatic N) is 1. The van der Waals surface area contributed by atoms with E-state index in [4.69, 9.17) is 11.6 Å². The highest BCUT2D eigenvalue weighted by atomic mass is 35.5. The minimum Gasteiger partial charge on any atom is -0.343 e. The van der Waals surface area contributed by atoms with Crippen molar-refractivity contribution in [2.24, 2.45) is 5.92 Å². The number of piperidine rings is 1. The largest absolute Gasteiger partial charge is 0.343 e. The van der Waals surface area contributed by atoms with Gasteiger partial charge in [-0.15, -0.1) is 0 Å². The van der Waals surface area contributed by atoms with Crippen molar-refractivity contribution in [1.29, 1.82) is 0 Å². The molecule has 5 heteroatoms. The van der Waals surface area contributed by atoms with E-state index in [2.05, 4.69) is 12.2 Å². The van der Waals surface area contributed by atoms with E-state index in [1.807, 2.05) is 11.8 Å². The van der Waals surface area contributed by atoms with Crippen LogP contribution in [0.15, 0.2) is 18.2 Å². The Balaban J connectivity index is 1.98. The molecule has 1 aliphatic heterocycles. The predicted molar refractivity (Wildman–Crippen MR) is 82.8 cm³/mol. The number of benzene rings is 1. The summed E-state index contributed by atoms with van der Waals surface area (Å²) in [5.41, 5.74) is 0.975. The summed E-state index contributed by atoms with van der Waals surface area (Å²) in [6.07, 6.45) is 0.931. The number of nitrogens with one attached hydrogen (secondary N) is 1. The van der Waals surface area contributed by atoms with Crippen LogP contribution < -0.4 is 5.32 Å². The van der Waals surface area contributed by atoms with Gasteiger partial charge in [-0.3, -0.25) is 4.79 Å². The average Bonchev–Trinajstić information content (AvgIpc) is 2.43. The number of likely N-dealkylation sites (tertiary alicyclic amines) is 1. The quantitative estimate of drug-likeness (QED) is 0.928. The zero-order chi connectivity index (χ0) is 15.6. The molecule has 3 atom stereocenters. The highest BCUT2D eigenvalue weighted by Gasteiger charge is 2.28. The van der Waals surface area contributed by atoms with Crippen LogP contribution in [0.5, 0.6) is 0 Å². The van der Waals surface area contributed by atoms with Crippen LogP contribution in [-0.4, -0.2) is 29.9 Å². The first-order valence-corrected chi connectivity index (χ1v) is 7.72. The lowest BCUT2D eigenvalue weighted by Gasteiger charge is -2.38. The van der Waals surface area contributed by atoms with Gasteiger partial charge < -0.3 is 10.2 Å². The maximum atomic E-state index is 13.2. The van der Waals surface area contributed by atoms with Crippen molar-refractivity contribution in [3.63, 3.8) is 0 Å². The zero-order valence-electron chi connectivity index (χ0n) is 12.7. The summed E-state index contributed by atoms with van der Waals surface area (Å²) < 4.78 is 13.2. The van der Waals surface area contributed by atoms with Crippen LogP contribution in [0, 0.1) is 11.7 Å². The fourth-order valence-electron chi connectivity index (χ4n) is 2.88. The molecule has 0 saturated carbocycles. The summed E-state index contributed by atoms with van der Waals surface area (Å²) >= 11 is 5.84. The number of amides is 1. The van der Waals surface area contributed by atoms with E-state index in [-0.39, 0.29) is 17.0 Å². The van der Waals surface area contributed by atoms with Crippen molar-refractivity contribution < 1.29 is 9.18 Å². The predicted octanol–water partition coefficient (Wildman–Crippen LogP) is 3.39. The molecule has 0 unspecified atom stereocenters. The van der Waals surface area contributed by atoms with Crippen molar-refractivity contribution in [2.45, 2.75) is 39.3 Å². The van der Waals surface area contributed by atoms with Gasteiger partial charge in [-0.25, -0.2) is 4.39 Å². The summed E-state index contributed by atoms with van der Waals surface area (Å²) in [6.45, 7) is 7.38. The first kappa shape index (κ1) is 16.2. The Hall–Kier alpha value is -1.13. The van der Waals surface area contributed by atoms with Gasteiger partial charge in [0.15, 0.2) is 0 Å². The molecule has 0 aliphatic carbocycles. The molecule has 0 spiro atoms. The van der Waals surface area contributed by atoms with Crippen molar-refractivity contribution in [3.8, 4) is 0 Å². The van der Waals surface area contributed by atoms with Crippen LogP contribution in [0.1, 0.15) is 38.8 Å². The van der Waals surface area contributed by atoms with Crippen LogP contribution in [0.2, 0.25) is 5.02 Å². The second-order valence-electron chi connectivity index (χ2n) is 5.90. The van der Waals surface area contributed by atoms with Gasteiger partial charge in [-0.1, -0.05) is 24.6 Å². The molecule has 0 radical (unpaired) electrons. The lowest BCUT2D eigenvalue weighted by molar-refractivity contribution is -0.130. The molecular weight excluding hydrogens is 291 g/mol. The first-order chi connectivity index (χ1) is 9.88. The smallest absolute Gasteiger partial charge is 0.219 e. The van der Waals surface area contributed by atoms with E-state index in [0.29, 0.717) is 12.0 Å². The number of hydrogen-bond acceptors (Lipinski definition) is 2. The Kier molecular flexibility index (Phi) is 5.22. The average molecular weight is 313 g/mol. The van der Waals surface area contributed by atoms with E-state index >= 15 is 0 Å². The van der Waals surface area contributed by atoms with E-state index in [9.17, 15) is 9.18 Å². The summed E-state index contributed by atoms with van der Waals surface area (Å²) in [6, 6.07) is 5.27. The molecule has 0 aromatic heterocycles. The molecule has 1 aromatic carbocycles. The van der Waals surface area contributed by atoms with Gasteiger partial charge in [0.05, 0.1) is 5.02 Å². The van der Waals surface area contributed by atoms with Crippen LogP contribution >= 0.6 is 11.6 Å². The molecule has 1 saturated heterocycles. The van der Waals surface area contributed by atoms with Crippen LogP contribution in [0.25, 0.3) is 0 Å². The Morgan fingerprint density at radius 3 is 2.81 bits per heavy atom. The van der Waals surface area contributed by atoms with Gasteiger partial charge in [0.25, 0.3) is 0 Å². The molecule has 1 N–H and O–H groups in total. The molecule has 1 heterocycles. The SMILES string of the molecule is CC(=O)N1CC[C@H](N[C@@H](C)c2ccc(F)c(Cl)c2)[C@H](C)C1. The maximum Gasteiger partial charge on any atom is 0.219 e. The highest BCUT2D eigenvalue weighted by molar-refractivity contribution is 6.30. The topological polar surface area (TPSA) is 32.3 Å². The van der Waals surface area contributed by atoms with Crippen LogP contribution in [0.3, 0.4) is 0 Å². The minimum absolute atomic E-state index is 0.0967. The molecule has 21 heavy (non-hydrogen) atoms. The van der Waals surface area contributed by atoms with Crippen molar-refractivity contribution >= 4 is 17.5 Å². The van der Waals surface area contributed by atoms with Crippen LogP contribution in [0.4, 0.5) is 4.39 Å². The van der Waals surface area contributed by atoms with Gasteiger partial charge in [-0.05, 0) is 37.0 Å². The molecule has 1 fully saturated rings. The van der Waals surface area contributed by atoms with E-state index in [0.717, 1.165) is 25.1 Å². The molecule has 116 valence electrons. The molecule has 1 amide bonds. The fraction of sp³-hybridized carbons (Fsp3) is 0.562. The Morgan fingerprint density at radius 2 is 2.24 bits per heavy atom. The normalized spacial score (nSPS) is 24.0. The Bertz CT molecular complexity index is 523. The molecule has 1 aliphatic rings. The Morgan fingerprint density at radius 1 is 1.52 bits per heavy atom. The molecule has 0 bridgehead atoms. The van der Waals surface area contributed by atoms with E-state index < -0.39 is 5.82 Å². The molecule has 3 nitrogen and oxygen atoms in total. The molecule has 1 aromatic rings. The number of rotatable bonds is 3. The van der Waals surface area contributed by atoms with Crippen LogP contribution in [-0.2, 0) is 4.79 Å². The van der Waals surface area contributed by atoms with Crippen molar-refractivity contribution in [3.05, 3.63) is 34.6 Å². The first-order valence-electron chi connectivity index (χ1n) is 7.35. The molecule has 2 rings (SSSR count). The third-order valence-electron chi connectivity index (χ3n) is 4.26. The lowest BCUT2D eigenvalue weighted by Crippen LogP contribution is -2.50. The monoisotopic (exact) mass is 312 g/mol. The second kappa shape index (κ2) is 6.75. The van der Waals surface area contributed by atoms with Gasteiger partial charge in [-0.2, -0.15) is 0 Å². The summed E-state index contributed by atoms with van der Waals surface area (Å²) in [5, 5.41) is 3.73. The standard InChI is InChI=1S/C16H22ClFN2O/c1-10-9-20(12(3)21)7-6-16(10)19-11(2)13-4-5-15(18)14(17)8-13/h4-5,8,10-11,16,19H,6-7,9H2,1-3H3/t10-,11+,16+/m1/s1. The van der Waals surface area contributed by atoms with Gasteiger partial charge in [0.1, 0.15) is 5.82 Å². The van der Waals surface area contributed by atoms with Gasteiger partial charge >= 0.3 is 0 Å². The number of hydrogen-bond donors (Lipinski definition) is 1. The van der Waals surface area contributed by atoms with Crippen molar-refractivity contribution in [1.82, 2.24) is 10.2 Å². The Labute approximate surface area is 130 Å². The van der Waals surface area contributed by atoms with E-state index in [1.54, 1.807) is 19.1 Å². The van der Waals surface area contributed by atoms with E-state index in [1.165, 1.54) is 6.07 Å². The van der Waals surface area contributed by atoms with Gasteiger partial charge in [0.2, 0.25) is 5.91 Å². The molecular formula is C16H22ClFN2O. The highest BCUT2D eigenvalue weighted by Crippen LogP contribution is 2.24. The summed E-state index contributed by atoms with van der Waals surface area (Å²) in [5.74, 6) is 0.135. The fourth-order valence-corrected chi connectivity index (χ4v) is 3.07.